The molecule has 148 valence electrons. The lowest BCUT2D eigenvalue weighted by Gasteiger charge is -2.09. The molecule has 3 aromatic rings. The molecule has 1 aromatic heterocycles. The molecule has 0 bridgehead atoms. The van der Waals surface area contributed by atoms with Gasteiger partial charge in [0.2, 0.25) is 20.0 Å². The Morgan fingerprint density at radius 2 is 1.57 bits per heavy atom. The highest BCUT2D eigenvalue weighted by Gasteiger charge is 2.25. The third-order valence-electron chi connectivity index (χ3n) is 4.21. The molecule has 0 atom stereocenters. The molecular formula is C18H20N4O4S2. The highest BCUT2D eigenvalue weighted by atomic mass is 32.2. The van der Waals surface area contributed by atoms with E-state index in [4.69, 9.17) is 5.14 Å². The maximum Gasteiger partial charge on any atom is 0.244 e. The zero-order valence-electron chi connectivity index (χ0n) is 15.3. The standard InChI is InChI=1S/C18H20N4O4S2/c1-13-18(14(2)22(21-13)16-6-4-3-5-7-16)28(25,26)20-12-15-8-10-17(11-9-15)27(19,23)24/h3-11,20H,12H2,1-2H3,(H2,19,23,24). The number of benzene rings is 2. The molecule has 0 saturated carbocycles. The fraction of sp³-hybridized carbons (Fsp3) is 0.167. The predicted molar refractivity (Wildman–Crippen MR) is 105 cm³/mol. The SMILES string of the molecule is Cc1nn(-c2ccccc2)c(C)c1S(=O)(=O)NCc1ccc(S(N)(=O)=O)cc1. The minimum atomic E-state index is -3.82. The Bertz CT molecular complexity index is 1200. The second-order valence-electron chi connectivity index (χ2n) is 6.26. The summed E-state index contributed by atoms with van der Waals surface area (Å²) in [5.41, 5.74) is 2.25. The molecule has 3 N–H and O–H groups in total. The van der Waals surface area contributed by atoms with Gasteiger partial charge in [0.15, 0.2) is 0 Å². The molecule has 0 aliphatic heterocycles. The largest absolute Gasteiger partial charge is 0.244 e. The third kappa shape index (κ3) is 4.14. The van der Waals surface area contributed by atoms with Gasteiger partial charge < -0.3 is 0 Å². The molecule has 0 radical (unpaired) electrons. The molecule has 28 heavy (non-hydrogen) atoms. The molecule has 0 unspecified atom stereocenters. The van der Waals surface area contributed by atoms with Crippen molar-refractivity contribution in [2.24, 2.45) is 5.14 Å². The lowest BCUT2D eigenvalue weighted by Crippen LogP contribution is -2.24. The lowest BCUT2D eigenvalue weighted by atomic mass is 10.2. The molecule has 0 fully saturated rings. The lowest BCUT2D eigenvalue weighted by molar-refractivity contribution is 0.579. The first-order valence-corrected chi connectivity index (χ1v) is 11.4. The first-order chi connectivity index (χ1) is 13.1. The number of aryl methyl sites for hydroxylation is 1. The predicted octanol–water partition coefficient (Wildman–Crippen LogP) is 1.62. The summed E-state index contributed by atoms with van der Waals surface area (Å²) in [7, 11) is -7.61. The van der Waals surface area contributed by atoms with Crippen LogP contribution >= 0.6 is 0 Å². The summed E-state index contributed by atoms with van der Waals surface area (Å²) in [6, 6.07) is 14.9. The smallest absolute Gasteiger partial charge is 0.236 e. The Morgan fingerprint density at radius 3 is 2.14 bits per heavy atom. The van der Waals surface area contributed by atoms with Gasteiger partial charge in [0.1, 0.15) is 4.90 Å². The van der Waals surface area contributed by atoms with Crippen LogP contribution in [0.3, 0.4) is 0 Å². The van der Waals surface area contributed by atoms with Crippen molar-refractivity contribution in [3.63, 3.8) is 0 Å². The van der Waals surface area contributed by atoms with Crippen LogP contribution in [-0.2, 0) is 26.6 Å². The molecule has 0 amide bonds. The fourth-order valence-corrected chi connectivity index (χ4v) is 4.81. The van der Waals surface area contributed by atoms with E-state index in [9.17, 15) is 16.8 Å². The average molecular weight is 421 g/mol. The van der Waals surface area contributed by atoms with Gasteiger partial charge in [-0.15, -0.1) is 0 Å². The molecule has 1 heterocycles. The van der Waals surface area contributed by atoms with Crippen molar-refractivity contribution < 1.29 is 16.8 Å². The number of primary sulfonamides is 1. The van der Waals surface area contributed by atoms with E-state index in [2.05, 4.69) is 9.82 Å². The van der Waals surface area contributed by atoms with Crippen molar-refractivity contribution in [2.45, 2.75) is 30.2 Å². The van der Waals surface area contributed by atoms with E-state index >= 15 is 0 Å². The second kappa shape index (κ2) is 7.47. The van der Waals surface area contributed by atoms with Crippen LogP contribution in [0, 0.1) is 13.8 Å². The van der Waals surface area contributed by atoms with Crippen LogP contribution in [0.1, 0.15) is 17.0 Å². The minimum Gasteiger partial charge on any atom is -0.236 e. The number of aromatic nitrogens is 2. The van der Waals surface area contributed by atoms with E-state index in [-0.39, 0.29) is 16.3 Å². The van der Waals surface area contributed by atoms with Gasteiger partial charge in [0, 0.05) is 6.54 Å². The maximum absolute atomic E-state index is 12.8. The first kappa shape index (κ1) is 20.2. The van der Waals surface area contributed by atoms with Gasteiger partial charge in [-0.1, -0.05) is 30.3 Å². The molecule has 0 spiro atoms. The summed E-state index contributed by atoms with van der Waals surface area (Å²) < 4.78 is 52.4. The van der Waals surface area contributed by atoms with Crippen LogP contribution in [0.5, 0.6) is 0 Å². The summed E-state index contributed by atoms with van der Waals surface area (Å²) in [6.45, 7) is 3.34. The van der Waals surface area contributed by atoms with Crippen LogP contribution in [0.15, 0.2) is 64.4 Å². The normalized spacial score (nSPS) is 12.2. The summed E-state index contributed by atoms with van der Waals surface area (Å²) in [5.74, 6) is 0. The zero-order chi connectivity index (χ0) is 20.5. The Kier molecular flexibility index (Phi) is 5.39. The highest BCUT2D eigenvalue weighted by molar-refractivity contribution is 7.89. The third-order valence-corrected chi connectivity index (χ3v) is 6.79. The van der Waals surface area contributed by atoms with Gasteiger partial charge in [-0.3, -0.25) is 0 Å². The van der Waals surface area contributed by atoms with E-state index in [0.717, 1.165) is 5.69 Å². The van der Waals surface area contributed by atoms with Crippen molar-refractivity contribution in [3.05, 3.63) is 71.5 Å². The van der Waals surface area contributed by atoms with Crippen LogP contribution in [0.25, 0.3) is 5.69 Å². The topological polar surface area (TPSA) is 124 Å². The van der Waals surface area contributed by atoms with Crippen LogP contribution in [0.4, 0.5) is 0 Å². The van der Waals surface area contributed by atoms with Crippen LogP contribution in [-0.4, -0.2) is 26.6 Å². The Hall–Kier alpha value is -2.53. The van der Waals surface area contributed by atoms with Crippen LogP contribution < -0.4 is 9.86 Å². The number of nitrogens with one attached hydrogen (secondary N) is 1. The van der Waals surface area contributed by atoms with E-state index in [1.165, 1.54) is 24.3 Å². The maximum atomic E-state index is 12.8. The van der Waals surface area contributed by atoms with E-state index in [1.807, 2.05) is 30.3 Å². The van der Waals surface area contributed by atoms with Crippen LogP contribution in [0.2, 0.25) is 0 Å². The molecular weight excluding hydrogens is 400 g/mol. The minimum absolute atomic E-state index is 0.00261. The summed E-state index contributed by atoms with van der Waals surface area (Å²) in [5, 5.41) is 9.42. The quantitative estimate of drug-likeness (QED) is 0.627. The van der Waals surface area contributed by atoms with Gasteiger partial charge in [-0.25, -0.2) is 31.4 Å². The molecule has 8 nitrogen and oxygen atoms in total. The van der Waals surface area contributed by atoms with Gasteiger partial charge in [-0.05, 0) is 43.7 Å². The fourth-order valence-electron chi connectivity index (χ4n) is 2.89. The monoisotopic (exact) mass is 420 g/mol. The van der Waals surface area contributed by atoms with Crippen molar-refractivity contribution in [3.8, 4) is 5.69 Å². The number of para-hydroxylation sites is 1. The summed E-state index contributed by atoms with van der Waals surface area (Å²) in [6.07, 6.45) is 0. The Balaban J connectivity index is 1.85. The van der Waals surface area contributed by atoms with Gasteiger partial charge in [0.05, 0.1) is 22.0 Å². The van der Waals surface area contributed by atoms with Crippen molar-refractivity contribution >= 4 is 20.0 Å². The van der Waals surface area contributed by atoms with Gasteiger partial charge in [0.25, 0.3) is 0 Å². The molecule has 2 aromatic carbocycles. The number of hydrogen-bond donors (Lipinski definition) is 2. The van der Waals surface area contributed by atoms with E-state index < -0.39 is 20.0 Å². The number of hydrogen-bond acceptors (Lipinski definition) is 5. The number of sulfonamides is 2. The van der Waals surface area contributed by atoms with Gasteiger partial charge >= 0.3 is 0 Å². The molecule has 0 aliphatic carbocycles. The summed E-state index contributed by atoms with van der Waals surface area (Å²) >= 11 is 0. The molecule has 0 saturated heterocycles. The summed E-state index contributed by atoms with van der Waals surface area (Å²) in [4.78, 5) is 0.0902. The van der Waals surface area contributed by atoms with Gasteiger partial charge in [-0.2, -0.15) is 5.10 Å². The first-order valence-electron chi connectivity index (χ1n) is 8.32. The highest BCUT2D eigenvalue weighted by Crippen LogP contribution is 2.22. The number of nitrogens with two attached hydrogens (primary N) is 1. The average Bonchev–Trinajstić information content (AvgIpc) is 2.95. The number of rotatable bonds is 6. The van der Waals surface area contributed by atoms with Crippen molar-refractivity contribution in [2.75, 3.05) is 0 Å². The Labute approximate surface area is 164 Å². The van der Waals surface area contributed by atoms with E-state index in [0.29, 0.717) is 17.0 Å². The molecule has 3 rings (SSSR count). The van der Waals surface area contributed by atoms with Crippen molar-refractivity contribution in [1.29, 1.82) is 0 Å². The second-order valence-corrected chi connectivity index (χ2v) is 9.53. The van der Waals surface area contributed by atoms with E-state index in [1.54, 1.807) is 18.5 Å². The number of nitrogens with zero attached hydrogens (tertiary/aromatic N) is 2. The molecule has 10 heteroatoms. The Morgan fingerprint density at radius 1 is 0.964 bits per heavy atom. The molecule has 0 aliphatic rings. The zero-order valence-corrected chi connectivity index (χ0v) is 17.0. The van der Waals surface area contributed by atoms with Crippen molar-refractivity contribution in [1.82, 2.24) is 14.5 Å².